The van der Waals surface area contributed by atoms with Crippen molar-refractivity contribution in [1.29, 1.82) is 0 Å². The van der Waals surface area contributed by atoms with Crippen LogP contribution >= 0.6 is 11.8 Å². The van der Waals surface area contributed by atoms with Crippen LogP contribution in [0.25, 0.3) is 0 Å². The molecule has 0 unspecified atom stereocenters. The van der Waals surface area contributed by atoms with Gasteiger partial charge in [0.25, 0.3) is 0 Å². The molecule has 1 aliphatic rings. The van der Waals surface area contributed by atoms with Crippen molar-refractivity contribution in [2.75, 3.05) is 11.5 Å². The SMILES string of the molecule is C1CCSCC1.C=C(C)C(=O)O. The smallest absolute Gasteiger partial charge is 0.330 e. The Labute approximate surface area is 78.0 Å². The molecular formula is C9H16O2S. The number of rotatable bonds is 1. The first-order valence-electron chi connectivity index (χ1n) is 4.11. The predicted octanol–water partition coefficient (Wildman–Crippen LogP) is 2.55. The zero-order valence-electron chi connectivity index (χ0n) is 7.51. The van der Waals surface area contributed by atoms with Crippen LogP contribution in [0, 0.1) is 0 Å². The summed E-state index contributed by atoms with van der Waals surface area (Å²) in [4.78, 5) is 9.60. The fraction of sp³-hybridized carbons (Fsp3) is 0.667. The van der Waals surface area contributed by atoms with Gasteiger partial charge in [-0.05, 0) is 31.3 Å². The zero-order valence-corrected chi connectivity index (χ0v) is 8.32. The maximum atomic E-state index is 9.60. The summed E-state index contributed by atoms with van der Waals surface area (Å²) < 4.78 is 0. The topological polar surface area (TPSA) is 37.3 Å². The molecule has 0 bridgehead atoms. The second-order valence-electron chi connectivity index (χ2n) is 2.76. The highest BCUT2D eigenvalue weighted by atomic mass is 32.2. The largest absolute Gasteiger partial charge is 0.478 e. The van der Waals surface area contributed by atoms with Crippen molar-refractivity contribution < 1.29 is 9.90 Å². The van der Waals surface area contributed by atoms with Crippen molar-refractivity contribution in [1.82, 2.24) is 0 Å². The van der Waals surface area contributed by atoms with Gasteiger partial charge in [0.15, 0.2) is 0 Å². The van der Waals surface area contributed by atoms with Crippen LogP contribution in [0.4, 0.5) is 0 Å². The number of carboxylic acids is 1. The molecule has 0 aromatic carbocycles. The Kier molecular flexibility index (Phi) is 6.96. The van der Waals surface area contributed by atoms with Crippen LogP contribution in [0.2, 0.25) is 0 Å². The summed E-state index contributed by atoms with van der Waals surface area (Å²) >= 11 is 2.09. The summed E-state index contributed by atoms with van der Waals surface area (Å²) in [5, 5.41) is 7.89. The average Bonchev–Trinajstić information content (AvgIpc) is 2.08. The van der Waals surface area contributed by atoms with Crippen LogP contribution in [-0.4, -0.2) is 22.6 Å². The molecule has 1 aliphatic heterocycles. The van der Waals surface area contributed by atoms with Gasteiger partial charge in [-0.1, -0.05) is 13.0 Å². The molecule has 1 saturated heterocycles. The Morgan fingerprint density at radius 2 is 1.75 bits per heavy atom. The molecule has 2 nitrogen and oxygen atoms in total. The molecule has 1 rings (SSSR count). The first-order chi connectivity index (χ1) is 5.64. The van der Waals surface area contributed by atoms with E-state index in [1.54, 1.807) is 0 Å². The minimum absolute atomic E-state index is 0.176. The van der Waals surface area contributed by atoms with Crippen molar-refractivity contribution in [3.8, 4) is 0 Å². The third-order valence-corrected chi connectivity index (χ3v) is 2.60. The van der Waals surface area contributed by atoms with Gasteiger partial charge in [-0.25, -0.2) is 4.79 Å². The van der Waals surface area contributed by atoms with Crippen LogP contribution in [0.15, 0.2) is 12.2 Å². The van der Waals surface area contributed by atoms with Gasteiger partial charge in [-0.2, -0.15) is 11.8 Å². The molecule has 0 amide bonds. The second kappa shape index (κ2) is 7.22. The fourth-order valence-corrected chi connectivity index (χ4v) is 1.71. The molecule has 70 valence electrons. The lowest BCUT2D eigenvalue weighted by Gasteiger charge is -2.05. The van der Waals surface area contributed by atoms with Crippen LogP contribution in [0.5, 0.6) is 0 Å². The van der Waals surface area contributed by atoms with E-state index in [0.717, 1.165) is 0 Å². The highest BCUT2D eigenvalue weighted by Crippen LogP contribution is 2.14. The minimum atomic E-state index is -0.935. The van der Waals surface area contributed by atoms with Gasteiger partial charge in [0, 0.05) is 5.57 Å². The first kappa shape index (κ1) is 11.6. The molecule has 1 heterocycles. The lowest BCUT2D eigenvalue weighted by Crippen LogP contribution is -1.92. The fourth-order valence-electron chi connectivity index (χ4n) is 0.687. The molecule has 0 saturated carbocycles. The van der Waals surface area contributed by atoms with Gasteiger partial charge < -0.3 is 5.11 Å². The highest BCUT2D eigenvalue weighted by Gasteiger charge is 1.95. The van der Waals surface area contributed by atoms with E-state index in [1.807, 2.05) is 0 Å². The molecule has 12 heavy (non-hydrogen) atoms. The monoisotopic (exact) mass is 188 g/mol. The summed E-state index contributed by atoms with van der Waals surface area (Å²) in [7, 11) is 0. The van der Waals surface area contributed by atoms with Gasteiger partial charge in [0.1, 0.15) is 0 Å². The lowest BCUT2D eigenvalue weighted by molar-refractivity contribution is -0.132. The summed E-state index contributed by atoms with van der Waals surface area (Å²) in [6, 6.07) is 0. The highest BCUT2D eigenvalue weighted by molar-refractivity contribution is 7.99. The number of carboxylic acid groups (broad SMARTS) is 1. The van der Waals surface area contributed by atoms with Crippen molar-refractivity contribution in [3.05, 3.63) is 12.2 Å². The van der Waals surface area contributed by atoms with Crippen LogP contribution < -0.4 is 0 Å². The Morgan fingerprint density at radius 1 is 1.33 bits per heavy atom. The van der Waals surface area contributed by atoms with E-state index in [0.29, 0.717) is 0 Å². The first-order valence-corrected chi connectivity index (χ1v) is 5.26. The molecule has 1 N–H and O–H groups in total. The number of aliphatic carboxylic acids is 1. The van der Waals surface area contributed by atoms with E-state index in [9.17, 15) is 4.79 Å². The molecule has 3 heteroatoms. The maximum Gasteiger partial charge on any atom is 0.330 e. The van der Waals surface area contributed by atoms with Crippen molar-refractivity contribution in [2.45, 2.75) is 26.2 Å². The van der Waals surface area contributed by atoms with Gasteiger partial charge in [-0.3, -0.25) is 0 Å². The molecule has 0 radical (unpaired) electrons. The summed E-state index contributed by atoms with van der Waals surface area (Å²) in [5.74, 6) is 1.90. The molecule has 0 aromatic heterocycles. The summed E-state index contributed by atoms with van der Waals surface area (Å²) in [6.45, 7) is 4.60. The Balaban J connectivity index is 0.000000202. The van der Waals surface area contributed by atoms with Crippen LogP contribution in [-0.2, 0) is 4.79 Å². The van der Waals surface area contributed by atoms with Crippen molar-refractivity contribution >= 4 is 17.7 Å². The van der Waals surface area contributed by atoms with Crippen LogP contribution in [0.3, 0.4) is 0 Å². The number of hydrogen-bond donors (Lipinski definition) is 1. The number of carbonyl (C=O) groups is 1. The van der Waals surface area contributed by atoms with Gasteiger partial charge in [0.05, 0.1) is 0 Å². The van der Waals surface area contributed by atoms with E-state index < -0.39 is 5.97 Å². The van der Waals surface area contributed by atoms with Gasteiger partial charge in [-0.15, -0.1) is 0 Å². The predicted molar refractivity (Wildman–Crippen MR) is 53.6 cm³/mol. The zero-order chi connectivity index (χ0) is 9.40. The van der Waals surface area contributed by atoms with Crippen LogP contribution in [0.1, 0.15) is 26.2 Å². The average molecular weight is 188 g/mol. The molecular weight excluding hydrogens is 172 g/mol. The number of hydrogen-bond acceptors (Lipinski definition) is 2. The summed E-state index contributed by atoms with van der Waals surface area (Å²) in [5.41, 5.74) is 0.176. The van der Waals surface area contributed by atoms with Crippen molar-refractivity contribution in [3.63, 3.8) is 0 Å². The molecule has 0 spiro atoms. The normalized spacial score (nSPS) is 15.8. The molecule has 0 aliphatic carbocycles. The van der Waals surface area contributed by atoms with E-state index in [2.05, 4.69) is 18.3 Å². The van der Waals surface area contributed by atoms with E-state index in [-0.39, 0.29) is 5.57 Å². The Morgan fingerprint density at radius 3 is 1.83 bits per heavy atom. The van der Waals surface area contributed by atoms with Gasteiger partial charge >= 0.3 is 5.97 Å². The third-order valence-electron chi connectivity index (χ3n) is 1.44. The third kappa shape index (κ3) is 7.66. The molecule has 0 atom stereocenters. The Bertz CT molecular complexity index is 127. The number of thioether (sulfide) groups is 1. The minimum Gasteiger partial charge on any atom is -0.478 e. The molecule has 1 fully saturated rings. The summed E-state index contributed by atoms with van der Waals surface area (Å²) in [6.07, 6.45) is 4.41. The molecule has 0 aromatic rings. The Hall–Kier alpha value is -0.440. The second-order valence-corrected chi connectivity index (χ2v) is 3.98. The van der Waals surface area contributed by atoms with Gasteiger partial charge in [0.2, 0.25) is 0 Å². The van der Waals surface area contributed by atoms with E-state index in [1.165, 1.54) is 37.7 Å². The van der Waals surface area contributed by atoms with Crippen molar-refractivity contribution in [2.24, 2.45) is 0 Å². The standard InChI is InChI=1S/C5H10S.C4H6O2/c1-2-4-6-5-3-1;1-3(2)4(5)6/h1-5H2;1H2,2H3,(H,5,6). The van der Waals surface area contributed by atoms with E-state index in [4.69, 9.17) is 5.11 Å². The lowest BCUT2D eigenvalue weighted by atomic mass is 10.3. The quantitative estimate of drug-likeness (QED) is 0.642. The maximum absolute atomic E-state index is 9.60. The van der Waals surface area contributed by atoms with E-state index >= 15 is 0 Å².